The molecule has 0 radical (unpaired) electrons. The molecule has 2 aromatic heterocycles. The van der Waals surface area contributed by atoms with E-state index in [0.29, 0.717) is 12.1 Å². The Kier molecular flexibility index (Phi) is 5.27. The van der Waals surface area contributed by atoms with Crippen LogP contribution in [0.4, 0.5) is 5.69 Å². The number of hydrogen-bond donors (Lipinski definition) is 3. The number of hydroxylamine groups is 1. The summed E-state index contributed by atoms with van der Waals surface area (Å²) in [7, 11) is 0. The quantitative estimate of drug-likeness (QED) is 0.341. The number of nitrogens with zero attached hydrogens (tertiary/aromatic N) is 2. The summed E-state index contributed by atoms with van der Waals surface area (Å²) in [5.74, 6) is -0.530. The largest absolute Gasteiger partial charge is 0.381 e. The molecule has 2 heterocycles. The van der Waals surface area contributed by atoms with Crippen LogP contribution in [-0.2, 0) is 13.0 Å². The summed E-state index contributed by atoms with van der Waals surface area (Å²) < 4.78 is 2.05. The number of amides is 1. The van der Waals surface area contributed by atoms with Gasteiger partial charge in [-0.15, -0.1) is 0 Å². The number of aromatic nitrogens is 2. The van der Waals surface area contributed by atoms with Gasteiger partial charge in [-0.05, 0) is 53.4 Å². The minimum Gasteiger partial charge on any atom is -0.381 e. The van der Waals surface area contributed by atoms with Crippen molar-refractivity contribution in [2.45, 2.75) is 19.9 Å². The molecule has 3 N–H and O–H groups in total. The first-order valence-electron chi connectivity index (χ1n) is 9.52. The Morgan fingerprint density at radius 3 is 2.66 bits per heavy atom. The molecule has 0 saturated heterocycles. The number of imidazole rings is 1. The summed E-state index contributed by atoms with van der Waals surface area (Å²) >= 11 is 0. The van der Waals surface area contributed by atoms with Crippen molar-refractivity contribution < 1.29 is 10.0 Å². The van der Waals surface area contributed by atoms with Gasteiger partial charge in [0.1, 0.15) is 5.65 Å². The van der Waals surface area contributed by atoms with Crippen LogP contribution < -0.4 is 10.8 Å². The Bertz CT molecular complexity index is 1150. The Morgan fingerprint density at radius 2 is 1.90 bits per heavy atom. The molecular weight excluding hydrogens is 364 g/mol. The van der Waals surface area contributed by atoms with Crippen LogP contribution in [0.1, 0.15) is 28.4 Å². The Balaban J connectivity index is 1.63. The molecule has 2 aromatic carbocycles. The molecule has 0 atom stereocenters. The number of nitrogens with one attached hydrogen (secondary N) is 2. The number of pyridine rings is 1. The van der Waals surface area contributed by atoms with Crippen LogP contribution in [-0.4, -0.2) is 20.5 Å². The number of aryl methyl sites for hydroxylation is 1. The molecule has 1 amide bonds. The molecular formula is C23H22N4O2. The SMILES string of the molecule is CCc1ccccc1-c1cc(CNc2ccc(C(=O)NO)cc2)c2nccn2c1. The van der Waals surface area contributed by atoms with Crippen LogP contribution in [0.3, 0.4) is 0 Å². The predicted octanol–water partition coefficient (Wildman–Crippen LogP) is 4.29. The topological polar surface area (TPSA) is 78.7 Å². The highest BCUT2D eigenvalue weighted by atomic mass is 16.5. The highest BCUT2D eigenvalue weighted by Gasteiger charge is 2.10. The van der Waals surface area contributed by atoms with Crippen LogP contribution in [0.15, 0.2) is 73.2 Å². The number of fused-ring (bicyclic) bond motifs is 1. The van der Waals surface area contributed by atoms with E-state index in [-0.39, 0.29) is 0 Å². The lowest BCUT2D eigenvalue weighted by molar-refractivity contribution is 0.0706. The summed E-state index contributed by atoms with van der Waals surface area (Å²) in [4.78, 5) is 16.0. The number of carbonyl (C=O) groups is 1. The summed E-state index contributed by atoms with van der Waals surface area (Å²) in [5.41, 5.74) is 8.59. The molecule has 0 aliphatic carbocycles. The highest BCUT2D eigenvalue weighted by Crippen LogP contribution is 2.27. The summed E-state index contributed by atoms with van der Waals surface area (Å²) in [6.45, 7) is 2.76. The first kappa shape index (κ1) is 18.7. The van der Waals surface area contributed by atoms with E-state index in [1.807, 2.05) is 22.7 Å². The van der Waals surface area contributed by atoms with Gasteiger partial charge in [0.2, 0.25) is 0 Å². The zero-order chi connectivity index (χ0) is 20.2. The molecule has 0 fully saturated rings. The lowest BCUT2D eigenvalue weighted by Crippen LogP contribution is -2.18. The van der Waals surface area contributed by atoms with Crippen molar-refractivity contribution >= 4 is 17.2 Å². The zero-order valence-corrected chi connectivity index (χ0v) is 16.1. The number of carbonyl (C=O) groups excluding carboxylic acids is 1. The smallest absolute Gasteiger partial charge is 0.274 e. The van der Waals surface area contributed by atoms with Gasteiger partial charge in [0.25, 0.3) is 5.91 Å². The summed E-state index contributed by atoms with van der Waals surface area (Å²) in [6, 6.07) is 17.6. The van der Waals surface area contributed by atoms with Crippen LogP contribution >= 0.6 is 0 Å². The lowest BCUT2D eigenvalue weighted by atomic mass is 9.98. The average Bonchev–Trinajstić information content (AvgIpc) is 3.26. The molecule has 0 bridgehead atoms. The van der Waals surface area contributed by atoms with E-state index < -0.39 is 5.91 Å². The molecule has 6 heteroatoms. The van der Waals surface area contributed by atoms with E-state index in [1.165, 1.54) is 11.1 Å². The second kappa shape index (κ2) is 8.16. The fourth-order valence-corrected chi connectivity index (χ4v) is 3.49. The first-order chi connectivity index (χ1) is 14.2. The van der Waals surface area contributed by atoms with Crippen molar-refractivity contribution in [3.63, 3.8) is 0 Å². The maximum absolute atomic E-state index is 11.5. The number of rotatable bonds is 6. The minimum absolute atomic E-state index is 0.395. The van der Waals surface area contributed by atoms with E-state index >= 15 is 0 Å². The molecule has 6 nitrogen and oxygen atoms in total. The van der Waals surface area contributed by atoms with Crippen molar-refractivity contribution in [1.29, 1.82) is 0 Å². The van der Waals surface area contributed by atoms with Gasteiger partial charge in [-0.3, -0.25) is 10.0 Å². The van der Waals surface area contributed by atoms with Gasteiger partial charge < -0.3 is 9.72 Å². The third-order valence-electron chi connectivity index (χ3n) is 5.00. The Hall–Kier alpha value is -3.64. The molecule has 0 spiro atoms. The van der Waals surface area contributed by atoms with Gasteiger partial charge >= 0.3 is 0 Å². The van der Waals surface area contributed by atoms with Crippen LogP contribution in [0.25, 0.3) is 16.8 Å². The van der Waals surface area contributed by atoms with Gasteiger partial charge in [0.05, 0.1) is 0 Å². The second-order valence-electron chi connectivity index (χ2n) is 6.79. The van der Waals surface area contributed by atoms with Crippen molar-refractivity contribution in [1.82, 2.24) is 14.9 Å². The molecule has 0 aliphatic rings. The van der Waals surface area contributed by atoms with Crippen molar-refractivity contribution in [2.24, 2.45) is 0 Å². The molecule has 4 aromatic rings. The average molecular weight is 386 g/mol. The van der Waals surface area contributed by atoms with E-state index in [0.717, 1.165) is 28.9 Å². The van der Waals surface area contributed by atoms with Crippen molar-refractivity contribution in [3.8, 4) is 11.1 Å². The van der Waals surface area contributed by atoms with Gasteiger partial charge in [0, 0.05) is 41.9 Å². The molecule has 29 heavy (non-hydrogen) atoms. The zero-order valence-electron chi connectivity index (χ0n) is 16.1. The van der Waals surface area contributed by atoms with Crippen molar-refractivity contribution in [2.75, 3.05) is 5.32 Å². The maximum Gasteiger partial charge on any atom is 0.274 e. The third kappa shape index (κ3) is 3.83. The van der Waals surface area contributed by atoms with Crippen LogP contribution in [0, 0.1) is 0 Å². The summed E-state index contributed by atoms with van der Waals surface area (Å²) in [5, 5.41) is 12.1. The first-order valence-corrected chi connectivity index (χ1v) is 9.52. The molecule has 0 unspecified atom stereocenters. The minimum atomic E-state index is -0.530. The highest BCUT2D eigenvalue weighted by molar-refractivity contribution is 5.93. The van der Waals surface area contributed by atoms with E-state index in [2.05, 4.69) is 53.8 Å². The third-order valence-corrected chi connectivity index (χ3v) is 5.00. The predicted molar refractivity (Wildman–Crippen MR) is 113 cm³/mol. The molecule has 146 valence electrons. The molecule has 4 rings (SSSR count). The van der Waals surface area contributed by atoms with E-state index in [4.69, 9.17) is 5.21 Å². The normalized spacial score (nSPS) is 10.8. The van der Waals surface area contributed by atoms with Gasteiger partial charge in [-0.1, -0.05) is 31.2 Å². The fourth-order valence-electron chi connectivity index (χ4n) is 3.49. The van der Waals surface area contributed by atoms with Crippen molar-refractivity contribution in [3.05, 3.63) is 89.9 Å². The molecule has 0 saturated carbocycles. The Labute approximate surface area is 168 Å². The monoisotopic (exact) mass is 386 g/mol. The van der Waals surface area contributed by atoms with Gasteiger partial charge in [0.15, 0.2) is 0 Å². The Morgan fingerprint density at radius 1 is 1.10 bits per heavy atom. The number of hydrogen-bond acceptors (Lipinski definition) is 4. The van der Waals surface area contributed by atoms with Gasteiger partial charge in [-0.2, -0.15) is 0 Å². The summed E-state index contributed by atoms with van der Waals surface area (Å²) in [6.07, 6.45) is 6.85. The van der Waals surface area contributed by atoms with E-state index in [1.54, 1.807) is 23.8 Å². The lowest BCUT2D eigenvalue weighted by Gasteiger charge is -2.13. The number of benzene rings is 2. The fraction of sp³-hybridized carbons (Fsp3) is 0.130. The number of anilines is 1. The second-order valence-corrected chi connectivity index (χ2v) is 6.79. The van der Waals surface area contributed by atoms with Crippen LogP contribution in [0.2, 0.25) is 0 Å². The molecule has 0 aliphatic heterocycles. The van der Waals surface area contributed by atoms with Crippen LogP contribution in [0.5, 0.6) is 0 Å². The van der Waals surface area contributed by atoms with Gasteiger partial charge in [-0.25, -0.2) is 10.5 Å². The maximum atomic E-state index is 11.5. The standard InChI is InChI=1S/C23H22N4O2/c1-2-16-5-3-4-6-21(16)19-13-18(22-24-11-12-27(22)15-19)14-25-20-9-7-17(8-10-20)23(28)26-29/h3-13,15,25,29H,2,14H2,1H3,(H,26,28). The van der Waals surface area contributed by atoms with E-state index in [9.17, 15) is 4.79 Å².